The molecule has 0 radical (unpaired) electrons. The Balaban J connectivity index is 1.32. The molecule has 0 bridgehead atoms. The number of benzene rings is 2. The fourth-order valence-electron chi connectivity index (χ4n) is 5.36. The Morgan fingerprint density at radius 2 is 1.70 bits per heavy atom. The van der Waals surface area contributed by atoms with Gasteiger partial charge in [0.05, 0.1) is 0 Å². The summed E-state index contributed by atoms with van der Waals surface area (Å²) in [5.74, 6) is 0.937. The molecule has 0 amide bonds. The van der Waals surface area contributed by atoms with Crippen LogP contribution < -0.4 is 5.32 Å². The molecule has 2 saturated carbocycles. The van der Waals surface area contributed by atoms with E-state index in [-0.39, 0.29) is 0 Å². The topological polar surface area (TPSA) is 88.3 Å². The summed E-state index contributed by atoms with van der Waals surface area (Å²) in [5.41, 5.74) is 4.11. The number of nitrogens with zero attached hydrogens (tertiary/aromatic N) is 2. The quantitative estimate of drug-likeness (QED) is 0.446. The van der Waals surface area contributed by atoms with Gasteiger partial charge in [-0.15, -0.1) is 0 Å². The molecule has 6 nitrogen and oxygen atoms in total. The molecule has 1 heterocycles. The molecule has 2 aliphatic carbocycles. The number of carbonyl (C=O) groups is 1. The maximum absolute atomic E-state index is 11.9. The fourth-order valence-corrected chi connectivity index (χ4v) is 5.36. The maximum Gasteiger partial charge on any atom is 0.329 e. The van der Waals surface area contributed by atoms with Crippen LogP contribution in [0.1, 0.15) is 74.8 Å². The average Bonchev–Trinajstić information content (AvgIpc) is 3.52. The Bertz CT molecular complexity index is 1120. The molecule has 0 spiro atoms. The largest absolute Gasteiger partial charge is 0.480 e. The van der Waals surface area contributed by atoms with Gasteiger partial charge in [0.1, 0.15) is 5.54 Å². The average molecular weight is 446 g/mol. The van der Waals surface area contributed by atoms with Crippen LogP contribution in [-0.2, 0) is 4.79 Å². The Labute approximate surface area is 194 Å². The van der Waals surface area contributed by atoms with Crippen molar-refractivity contribution < 1.29 is 14.4 Å². The zero-order chi connectivity index (χ0) is 22.8. The molecule has 3 aromatic rings. The standard InChI is InChI=1S/C27H31N3O3/c1-18-17-22(13-14-23(18)29-27(26(31)32)15-5-6-16-27)24-28-25(33-30-24)21-11-9-20(10-12-21)19-7-3-2-4-8-19/h9-14,17,19,29H,2-8,15-16H2,1H3,(H,31,32). The van der Waals surface area contributed by atoms with Gasteiger partial charge in [0.2, 0.25) is 5.82 Å². The molecule has 2 aliphatic rings. The lowest BCUT2D eigenvalue weighted by Gasteiger charge is -2.27. The van der Waals surface area contributed by atoms with E-state index in [2.05, 4.69) is 39.7 Å². The number of hydrogen-bond acceptors (Lipinski definition) is 5. The van der Waals surface area contributed by atoms with Crippen LogP contribution >= 0.6 is 0 Å². The highest BCUT2D eigenvalue weighted by molar-refractivity contribution is 5.84. The number of aryl methyl sites for hydroxylation is 1. The van der Waals surface area contributed by atoms with Crippen LogP contribution in [0.25, 0.3) is 22.8 Å². The highest BCUT2D eigenvalue weighted by atomic mass is 16.5. The molecule has 0 saturated heterocycles. The molecule has 2 aromatic carbocycles. The van der Waals surface area contributed by atoms with Gasteiger partial charge in [0.25, 0.3) is 5.89 Å². The summed E-state index contributed by atoms with van der Waals surface area (Å²) in [4.78, 5) is 16.5. The van der Waals surface area contributed by atoms with Crippen molar-refractivity contribution in [3.05, 3.63) is 53.6 Å². The predicted octanol–water partition coefficient (Wildman–Crippen LogP) is 6.57. The van der Waals surface area contributed by atoms with Gasteiger partial charge >= 0.3 is 5.97 Å². The van der Waals surface area contributed by atoms with Crippen LogP contribution in [0.4, 0.5) is 5.69 Å². The summed E-state index contributed by atoms with van der Waals surface area (Å²) < 4.78 is 5.56. The predicted molar refractivity (Wildman–Crippen MR) is 128 cm³/mol. The van der Waals surface area contributed by atoms with E-state index in [0.717, 1.165) is 35.2 Å². The minimum Gasteiger partial charge on any atom is -0.480 e. The van der Waals surface area contributed by atoms with Crippen LogP contribution in [0.3, 0.4) is 0 Å². The first-order valence-electron chi connectivity index (χ1n) is 12.1. The van der Waals surface area contributed by atoms with Crippen LogP contribution in [-0.4, -0.2) is 26.8 Å². The van der Waals surface area contributed by atoms with E-state index in [0.29, 0.717) is 30.5 Å². The van der Waals surface area contributed by atoms with E-state index < -0.39 is 11.5 Å². The third kappa shape index (κ3) is 4.39. The van der Waals surface area contributed by atoms with Crippen molar-refractivity contribution in [2.75, 3.05) is 5.32 Å². The Kier molecular flexibility index (Phi) is 5.92. The Hall–Kier alpha value is -3.15. The molecule has 5 rings (SSSR count). The maximum atomic E-state index is 11.9. The van der Waals surface area contributed by atoms with Gasteiger partial charge < -0.3 is 14.9 Å². The molecule has 0 aliphatic heterocycles. The van der Waals surface area contributed by atoms with Crippen molar-refractivity contribution in [3.63, 3.8) is 0 Å². The van der Waals surface area contributed by atoms with Gasteiger partial charge in [-0.3, -0.25) is 0 Å². The van der Waals surface area contributed by atoms with Gasteiger partial charge in [-0.25, -0.2) is 4.79 Å². The number of aromatic nitrogens is 2. The SMILES string of the molecule is Cc1cc(-c2noc(-c3ccc(C4CCCCC4)cc3)n2)ccc1NC1(C(=O)O)CCCC1. The lowest BCUT2D eigenvalue weighted by molar-refractivity contribution is -0.142. The fraction of sp³-hybridized carbons (Fsp3) is 0.444. The molecule has 172 valence electrons. The number of carboxylic acid groups (broad SMARTS) is 1. The van der Waals surface area contributed by atoms with Crippen molar-refractivity contribution in [1.29, 1.82) is 0 Å². The van der Waals surface area contributed by atoms with Gasteiger partial charge in [-0.1, -0.05) is 49.4 Å². The van der Waals surface area contributed by atoms with Gasteiger partial charge in [0, 0.05) is 16.8 Å². The lowest BCUT2D eigenvalue weighted by atomic mass is 9.84. The smallest absolute Gasteiger partial charge is 0.329 e. The molecular formula is C27H31N3O3. The highest BCUT2D eigenvalue weighted by Crippen LogP contribution is 2.36. The summed E-state index contributed by atoms with van der Waals surface area (Å²) >= 11 is 0. The Morgan fingerprint density at radius 3 is 2.36 bits per heavy atom. The minimum absolute atomic E-state index is 0.510. The van der Waals surface area contributed by atoms with Gasteiger partial charge in [-0.2, -0.15) is 4.98 Å². The van der Waals surface area contributed by atoms with Crippen molar-refractivity contribution in [3.8, 4) is 22.8 Å². The third-order valence-corrected chi connectivity index (χ3v) is 7.39. The second kappa shape index (κ2) is 9.00. The summed E-state index contributed by atoms with van der Waals surface area (Å²) in [6.45, 7) is 1.97. The van der Waals surface area contributed by atoms with Crippen LogP contribution in [0.15, 0.2) is 47.0 Å². The zero-order valence-corrected chi connectivity index (χ0v) is 19.1. The normalized spacial score (nSPS) is 18.3. The van der Waals surface area contributed by atoms with Gasteiger partial charge in [-0.05, 0) is 80.0 Å². The van der Waals surface area contributed by atoms with Gasteiger partial charge in [0.15, 0.2) is 0 Å². The van der Waals surface area contributed by atoms with E-state index in [9.17, 15) is 9.90 Å². The first-order chi connectivity index (χ1) is 16.0. The number of anilines is 1. The Morgan fingerprint density at radius 1 is 1.00 bits per heavy atom. The summed E-state index contributed by atoms with van der Waals surface area (Å²) in [6, 6.07) is 14.4. The lowest BCUT2D eigenvalue weighted by Crippen LogP contribution is -2.43. The summed E-state index contributed by atoms with van der Waals surface area (Å²) in [6.07, 6.45) is 9.73. The van der Waals surface area contributed by atoms with Crippen molar-refractivity contribution in [1.82, 2.24) is 10.1 Å². The van der Waals surface area contributed by atoms with E-state index >= 15 is 0 Å². The van der Waals surface area contributed by atoms with Crippen molar-refractivity contribution >= 4 is 11.7 Å². The zero-order valence-electron chi connectivity index (χ0n) is 19.1. The second-order valence-corrected chi connectivity index (χ2v) is 9.63. The molecular weight excluding hydrogens is 414 g/mol. The van der Waals surface area contributed by atoms with E-state index in [1.807, 2.05) is 25.1 Å². The molecule has 1 aromatic heterocycles. The molecule has 33 heavy (non-hydrogen) atoms. The monoisotopic (exact) mass is 445 g/mol. The van der Waals surface area contributed by atoms with E-state index in [1.165, 1.54) is 37.7 Å². The first kappa shape index (κ1) is 21.7. The third-order valence-electron chi connectivity index (χ3n) is 7.39. The number of aliphatic carboxylic acids is 1. The molecule has 0 unspecified atom stereocenters. The first-order valence-corrected chi connectivity index (χ1v) is 12.1. The number of hydrogen-bond donors (Lipinski definition) is 2. The van der Waals surface area contributed by atoms with Crippen LogP contribution in [0, 0.1) is 6.92 Å². The minimum atomic E-state index is -0.866. The summed E-state index contributed by atoms with van der Waals surface area (Å²) in [7, 11) is 0. The van der Waals surface area contributed by atoms with E-state index in [1.54, 1.807) is 0 Å². The second-order valence-electron chi connectivity index (χ2n) is 9.63. The molecule has 2 N–H and O–H groups in total. The molecule has 2 fully saturated rings. The highest BCUT2D eigenvalue weighted by Gasteiger charge is 2.41. The summed E-state index contributed by atoms with van der Waals surface area (Å²) in [5, 5.41) is 17.2. The van der Waals surface area contributed by atoms with Crippen LogP contribution in [0.5, 0.6) is 0 Å². The van der Waals surface area contributed by atoms with Crippen LogP contribution in [0.2, 0.25) is 0 Å². The molecule has 0 atom stereocenters. The number of carboxylic acids is 1. The van der Waals surface area contributed by atoms with Crippen molar-refractivity contribution in [2.45, 2.75) is 76.2 Å². The molecule has 6 heteroatoms. The number of nitrogens with one attached hydrogen (secondary N) is 1. The van der Waals surface area contributed by atoms with Crippen molar-refractivity contribution in [2.24, 2.45) is 0 Å². The number of rotatable bonds is 6. The van der Waals surface area contributed by atoms with E-state index in [4.69, 9.17) is 4.52 Å².